The van der Waals surface area contributed by atoms with Crippen molar-refractivity contribution in [2.45, 2.75) is 19.9 Å². The van der Waals surface area contributed by atoms with Crippen LogP contribution < -0.4 is 11.1 Å². The number of hydrogen-bond donors (Lipinski definition) is 3. The van der Waals surface area contributed by atoms with Crippen molar-refractivity contribution < 1.29 is 14.7 Å². The van der Waals surface area contributed by atoms with E-state index in [1.807, 2.05) is 0 Å². The molecule has 0 saturated carbocycles. The average Bonchev–Trinajstić information content (AvgIpc) is 2.31. The number of hydrogen-bond acceptors (Lipinski definition) is 3. The lowest BCUT2D eigenvalue weighted by molar-refractivity contribution is -0.140. The zero-order chi connectivity index (χ0) is 14.7. The van der Waals surface area contributed by atoms with Gasteiger partial charge in [0.05, 0.1) is 15.7 Å². The molecule has 0 radical (unpaired) electrons. The first-order chi connectivity index (χ1) is 8.73. The molecule has 0 aliphatic rings. The Morgan fingerprint density at radius 1 is 1.26 bits per heavy atom. The largest absolute Gasteiger partial charge is 0.480 e. The number of carbonyl (C=O) groups excluding carboxylic acids is 1. The Balaban J connectivity index is 2.98. The quantitative estimate of drug-likeness (QED) is 0.745. The topological polar surface area (TPSA) is 92.4 Å². The molecule has 1 aromatic rings. The van der Waals surface area contributed by atoms with Gasteiger partial charge in [-0.05, 0) is 18.1 Å². The molecule has 0 bridgehead atoms. The third-order valence-electron chi connectivity index (χ3n) is 2.56. The number of aliphatic carboxylic acids is 1. The Morgan fingerprint density at radius 2 is 1.74 bits per heavy atom. The number of rotatable bonds is 4. The monoisotopic (exact) mass is 304 g/mol. The molecule has 1 amide bonds. The summed E-state index contributed by atoms with van der Waals surface area (Å²) in [6.07, 6.45) is 0. The van der Waals surface area contributed by atoms with Crippen LogP contribution in [0.5, 0.6) is 0 Å². The zero-order valence-electron chi connectivity index (χ0n) is 10.4. The van der Waals surface area contributed by atoms with Gasteiger partial charge in [-0.15, -0.1) is 0 Å². The van der Waals surface area contributed by atoms with Crippen LogP contribution in [0.2, 0.25) is 10.0 Å². The number of benzene rings is 1. The highest BCUT2D eigenvalue weighted by Gasteiger charge is 2.24. The van der Waals surface area contributed by atoms with Crippen molar-refractivity contribution in [3.8, 4) is 0 Å². The molecule has 0 spiro atoms. The highest BCUT2D eigenvalue weighted by Crippen LogP contribution is 2.28. The first kappa shape index (κ1) is 15.6. The van der Waals surface area contributed by atoms with Crippen LogP contribution in [0.4, 0.5) is 5.69 Å². The highest BCUT2D eigenvalue weighted by molar-refractivity contribution is 6.39. The predicted molar refractivity (Wildman–Crippen MR) is 74.6 cm³/mol. The fourth-order valence-electron chi connectivity index (χ4n) is 1.45. The van der Waals surface area contributed by atoms with Crippen LogP contribution in [0.15, 0.2) is 12.1 Å². The van der Waals surface area contributed by atoms with Gasteiger partial charge in [0.25, 0.3) is 5.91 Å². The van der Waals surface area contributed by atoms with Gasteiger partial charge in [0.15, 0.2) is 0 Å². The second-order valence-corrected chi connectivity index (χ2v) is 5.20. The van der Waals surface area contributed by atoms with Crippen LogP contribution in [0, 0.1) is 5.92 Å². The maximum Gasteiger partial charge on any atom is 0.326 e. The minimum Gasteiger partial charge on any atom is -0.480 e. The molecular weight excluding hydrogens is 291 g/mol. The number of nitrogens with two attached hydrogens (primary N) is 1. The molecule has 7 heteroatoms. The molecule has 1 aromatic carbocycles. The fraction of sp³-hybridized carbons (Fsp3) is 0.333. The summed E-state index contributed by atoms with van der Waals surface area (Å²) in [7, 11) is 0. The molecule has 19 heavy (non-hydrogen) atoms. The standard InChI is InChI=1S/C12H14Cl2N2O3/c1-5(2)10(12(18)19)16-11(17)6-3-7(13)9(15)8(14)4-6/h3-5,10H,15H2,1-2H3,(H,16,17)(H,18,19). The van der Waals surface area contributed by atoms with Crippen LogP contribution in [0.25, 0.3) is 0 Å². The zero-order valence-corrected chi connectivity index (χ0v) is 11.9. The van der Waals surface area contributed by atoms with Gasteiger partial charge in [0.1, 0.15) is 6.04 Å². The molecule has 104 valence electrons. The first-order valence-electron chi connectivity index (χ1n) is 5.52. The van der Waals surface area contributed by atoms with Crippen LogP contribution in [-0.4, -0.2) is 23.0 Å². The maximum absolute atomic E-state index is 11.9. The molecule has 4 N–H and O–H groups in total. The van der Waals surface area contributed by atoms with Crippen molar-refractivity contribution in [3.05, 3.63) is 27.7 Å². The van der Waals surface area contributed by atoms with Gasteiger partial charge in [-0.3, -0.25) is 4.79 Å². The normalized spacial score (nSPS) is 12.3. The second kappa shape index (κ2) is 6.12. The Morgan fingerprint density at radius 3 is 2.11 bits per heavy atom. The fourth-order valence-corrected chi connectivity index (χ4v) is 1.94. The third-order valence-corrected chi connectivity index (χ3v) is 3.19. The summed E-state index contributed by atoms with van der Waals surface area (Å²) in [5.41, 5.74) is 5.90. The molecule has 1 rings (SSSR count). The van der Waals surface area contributed by atoms with E-state index in [2.05, 4.69) is 5.32 Å². The van der Waals surface area contributed by atoms with E-state index in [4.69, 9.17) is 34.0 Å². The number of halogens is 2. The molecule has 0 aliphatic heterocycles. The number of carboxylic acid groups (broad SMARTS) is 1. The van der Waals surface area contributed by atoms with E-state index in [1.54, 1.807) is 13.8 Å². The smallest absolute Gasteiger partial charge is 0.326 e. The van der Waals surface area contributed by atoms with Gasteiger partial charge < -0.3 is 16.2 Å². The summed E-state index contributed by atoms with van der Waals surface area (Å²) in [6, 6.07) is 1.71. The lowest BCUT2D eigenvalue weighted by Gasteiger charge is -2.18. The molecule has 0 aliphatic carbocycles. The minimum atomic E-state index is -1.10. The van der Waals surface area contributed by atoms with Crippen molar-refractivity contribution in [3.63, 3.8) is 0 Å². The van der Waals surface area contributed by atoms with Crippen molar-refractivity contribution in [2.75, 3.05) is 5.73 Å². The van der Waals surface area contributed by atoms with Crippen molar-refractivity contribution >= 4 is 40.8 Å². The van der Waals surface area contributed by atoms with Gasteiger partial charge in [-0.25, -0.2) is 4.79 Å². The molecular formula is C12H14Cl2N2O3. The number of carbonyl (C=O) groups is 2. The Kier molecular flexibility index (Phi) is 5.03. The van der Waals surface area contributed by atoms with E-state index in [0.29, 0.717) is 0 Å². The molecule has 0 fully saturated rings. The van der Waals surface area contributed by atoms with Crippen LogP contribution in [0.3, 0.4) is 0 Å². The van der Waals surface area contributed by atoms with E-state index in [-0.39, 0.29) is 27.2 Å². The van der Waals surface area contributed by atoms with Crippen molar-refractivity contribution in [1.82, 2.24) is 5.32 Å². The predicted octanol–water partition coefficient (Wildman–Crippen LogP) is 2.41. The van der Waals surface area contributed by atoms with Crippen LogP contribution in [0.1, 0.15) is 24.2 Å². The summed E-state index contributed by atoms with van der Waals surface area (Å²) in [4.78, 5) is 23.0. The minimum absolute atomic E-state index is 0.147. The van der Waals surface area contributed by atoms with E-state index in [1.165, 1.54) is 12.1 Å². The van der Waals surface area contributed by atoms with Crippen molar-refractivity contribution in [1.29, 1.82) is 0 Å². The third kappa shape index (κ3) is 3.75. The summed E-state index contributed by atoms with van der Waals surface area (Å²) in [6.45, 7) is 3.39. The SMILES string of the molecule is CC(C)C(NC(=O)c1cc(Cl)c(N)c(Cl)c1)C(=O)O. The number of amides is 1. The van der Waals surface area contributed by atoms with E-state index >= 15 is 0 Å². The number of carboxylic acids is 1. The number of nitrogens with one attached hydrogen (secondary N) is 1. The lowest BCUT2D eigenvalue weighted by atomic mass is 10.0. The van der Waals surface area contributed by atoms with Gasteiger partial charge >= 0.3 is 5.97 Å². The van der Waals surface area contributed by atoms with E-state index in [9.17, 15) is 9.59 Å². The van der Waals surface area contributed by atoms with Gasteiger partial charge in [-0.2, -0.15) is 0 Å². The highest BCUT2D eigenvalue weighted by atomic mass is 35.5. The molecule has 0 heterocycles. The average molecular weight is 305 g/mol. The van der Waals surface area contributed by atoms with Crippen LogP contribution in [-0.2, 0) is 4.79 Å². The van der Waals surface area contributed by atoms with E-state index < -0.39 is 17.9 Å². The van der Waals surface area contributed by atoms with Gasteiger partial charge in [0.2, 0.25) is 0 Å². The Hall–Kier alpha value is -1.46. The van der Waals surface area contributed by atoms with Gasteiger partial charge in [-0.1, -0.05) is 37.0 Å². The first-order valence-corrected chi connectivity index (χ1v) is 6.27. The summed E-state index contributed by atoms with van der Waals surface area (Å²) < 4.78 is 0. The number of nitrogen functional groups attached to an aromatic ring is 1. The molecule has 0 aromatic heterocycles. The lowest BCUT2D eigenvalue weighted by Crippen LogP contribution is -2.44. The van der Waals surface area contributed by atoms with Crippen LogP contribution >= 0.6 is 23.2 Å². The van der Waals surface area contributed by atoms with E-state index in [0.717, 1.165) is 0 Å². The number of anilines is 1. The second-order valence-electron chi connectivity index (χ2n) is 4.39. The molecule has 5 nitrogen and oxygen atoms in total. The molecule has 1 atom stereocenters. The maximum atomic E-state index is 11.9. The Labute approximate surface area is 120 Å². The summed E-state index contributed by atoms with van der Waals surface area (Å²) in [5, 5.41) is 11.7. The summed E-state index contributed by atoms with van der Waals surface area (Å²) in [5.74, 6) is -1.91. The molecule has 0 saturated heterocycles. The summed E-state index contributed by atoms with van der Waals surface area (Å²) >= 11 is 11.6. The Bertz CT molecular complexity index is 495. The molecule has 1 unspecified atom stereocenters. The van der Waals surface area contributed by atoms with Gasteiger partial charge in [0, 0.05) is 5.56 Å². The van der Waals surface area contributed by atoms with Crippen molar-refractivity contribution in [2.24, 2.45) is 5.92 Å².